The molecule has 1 N–H and O–H groups in total. The second-order valence-electron chi connectivity index (χ2n) is 2.77. The molecule has 1 atom stereocenters. The first-order chi connectivity index (χ1) is 6.27. The molecule has 1 aliphatic heterocycles. The third-order valence-corrected chi connectivity index (χ3v) is 1.76. The van der Waals surface area contributed by atoms with Crippen molar-refractivity contribution < 1.29 is 4.74 Å². The summed E-state index contributed by atoms with van der Waals surface area (Å²) in [5, 5.41) is 3.08. The van der Waals surface area contributed by atoms with Gasteiger partial charge in [0.05, 0.1) is 0 Å². The van der Waals surface area contributed by atoms with E-state index < -0.39 is 0 Å². The van der Waals surface area contributed by atoms with Crippen molar-refractivity contribution in [3.63, 3.8) is 0 Å². The fourth-order valence-corrected chi connectivity index (χ4v) is 1.10. The molecule has 0 aromatic carbocycles. The van der Waals surface area contributed by atoms with Crippen LogP contribution in [0.25, 0.3) is 0 Å². The van der Waals surface area contributed by atoms with E-state index in [-0.39, 0.29) is 6.23 Å². The number of rotatable bonds is 3. The van der Waals surface area contributed by atoms with E-state index in [0.29, 0.717) is 0 Å². The summed E-state index contributed by atoms with van der Waals surface area (Å²) < 4.78 is 5.51. The Morgan fingerprint density at radius 1 is 1.69 bits per heavy atom. The number of hydrogen-bond acceptors (Lipinski definition) is 2. The summed E-state index contributed by atoms with van der Waals surface area (Å²) in [6, 6.07) is 0. The van der Waals surface area contributed by atoms with Gasteiger partial charge < -0.3 is 10.1 Å². The van der Waals surface area contributed by atoms with Gasteiger partial charge in [-0.05, 0) is 13.8 Å². The molecule has 1 unspecified atom stereocenters. The van der Waals surface area contributed by atoms with E-state index in [2.05, 4.69) is 11.9 Å². The van der Waals surface area contributed by atoms with E-state index in [9.17, 15) is 0 Å². The van der Waals surface area contributed by atoms with Gasteiger partial charge in [0.25, 0.3) is 0 Å². The summed E-state index contributed by atoms with van der Waals surface area (Å²) in [6.07, 6.45) is 9.57. The van der Waals surface area contributed by atoms with Crippen LogP contribution in [0.3, 0.4) is 0 Å². The lowest BCUT2D eigenvalue weighted by molar-refractivity contribution is 0.151. The van der Waals surface area contributed by atoms with Crippen molar-refractivity contribution in [3.05, 3.63) is 48.4 Å². The lowest BCUT2D eigenvalue weighted by Crippen LogP contribution is -2.15. The Balaban J connectivity index is 2.69. The van der Waals surface area contributed by atoms with Crippen LogP contribution in [-0.2, 0) is 4.74 Å². The maximum Gasteiger partial charge on any atom is 0.166 e. The van der Waals surface area contributed by atoms with E-state index >= 15 is 0 Å². The van der Waals surface area contributed by atoms with Crippen molar-refractivity contribution in [2.45, 2.75) is 20.1 Å². The topological polar surface area (TPSA) is 21.3 Å². The minimum atomic E-state index is 0.0714. The quantitative estimate of drug-likeness (QED) is 0.669. The second kappa shape index (κ2) is 4.55. The van der Waals surface area contributed by atoms with Crippen LogP contribution in [-0.4, -0.2) is 6.23 Å². The Hall–Kier alpha value is -1.44. The number of hydrogen-bond donors (Lipinski definition) is 1. The number of ether oxygens (including phenoxy) is 1. The van der Waals surface area contributed by atoms with Crippen LogP contribution in [0.5, 0.6) is 0 Å². The minimum absolute atomic E-state index is 0.0714. The van der Waals surface area contributed by atoms with Gasteiger partial charge in [0, 0.05) is 11.8 Å². The van der Waals surface area contributed by atoms with Crippen LogP contribution in [0.15, 0.2) is 48.4 Å². The molecule has 0 spiro atoms. The van der Waals surface area contributed by atoms with Crippen molar-refractivity contribution >= 4 is 0 Å². The van der Waals surface area contributed by atoms with Crippen LogP contribution in [0.2, 0.25) is 0 Å². The van der Waals surface area contributed by atoms with Crippen molar-refractivity contribution in [2.75, 3.05) is 0 Å². The van der Waals surface area contributed by atoms with Gasteiger partial charge >= 0.3 is 0 Å². The molecule has 2 nitrogen and oxygen atoms in total. The molecule has 0 aliphatic carbocycles. The summed E-state index contributed by atoms with van der Waals surface area (Å²) in [4.78, 5) is 0. The molecule has 0 bridgehead atoms. The van der Waals surface area contributed by atoms with Gasteiger partial charge in [-0.25, -0.2) is 0 Å². The predicted molar refractivity (Wildman–Crippen MR) is 54.9 cm³/mol. The Morgan fingerprint density at radius 2 is 2.46 bits per heavy atom. The zero-order chi connectivity index (χ0) is 9.68. The predicted octanol–water partition coefficient (Wildman–Crippen LogP) is 2.48. The Bertz CT molecular complexity index is 274. The van der Waals surface area contributed by atoms with Crippen molar-refractivity contribution in [3.8, 4) is 0 Å². The van der Waals surface area contributed by atoms with Crippen LogP contribution < -0.4 is 5.32 Å². The van der Waals surface area contributed by atoms with Gasteiger partial charge in [-0.15, -0.1) is 0 Å². The molecule has 0 amide bonds. The van der Waals surface area contributed by atoms with Crippen molar-refractivity contribution in [1.82, 2.24) is 5.32 Å². The first kappa shape index (κ1) is 9.65. The van der Waals surface area contributed by atoms with Gasteiger partial charge in [-0.2, -0.15) is 0 Å². The van der Waals surface area contributed by atoms with E-state index in [0.717, 1.165) is 11.3 Å². The SMILES string of the molecule is C=C/C=C\C(=C/C)C1=CNC(C)O1. The molecule has 0 aromatic heterocycles. The molecule has 1 heterocycles. The molecule has 0 fully saturated rings. The van der Waals surface area contributed by atoms with E-state index in [1.807, 2.05) is 38.3 Å². The minimum Gasteiger partial charge on any atom is -0.469 e. The largest absolute Gasteiger partial charge is 0.469 e. The zero-order valence-electron chi connectivity index (χ0n) is 8.08. The smallest absolute Gasteiger partial charge is 0.166 e. The first-order valence-electron chi connectivity index (χ1n) is 4.36. The summed E-state index contributed by atoms with van der Waals surface area (Å²) in [5.74, 6) is 0.883. The molecule has 1 aliphatic rings. The van der Waals surface area contributed by atoms with E-state index in [4.69, 9.17) is 4.74 Å². The highest BCUT2D eigenvalue weighted by Gasteiger charge is 2.13. The maximum atomic E-state index is 5.51. The lowest BCUT2D eigenvalue weighted by Gasteiger charge is -2.07. The third-order valence-electron chi connectivity index (χ3n) is 1.76. The summed E-state index contributed by atoms with van der Waals surface area (Å²) in [7, 11) is 0. The summed E-state index contributed by atoms with van der Waals surface area (Å²) in [5.41, 5.74) is 1.07. The molecule has 13 heavy (non-hydrogen) atoms. The van der Waals surface area contributed by atoms with Crippen LogP contribution in [0.1, 0.15) is 13.8 Å². The highest BCUT2D eigenvalue weighted by molar-refractivity contribution is 5.37. The molecule has 0 saturated carbocycles. The monoisotopic (exact) mass is 177 g/mol. The molecule has 0 radical (unpaired) electrons. The van der Waals surface area contributed by atoms with E-state index in [1.165, 1.54) is 0 Å². The van der Waals surface area contributed by atoms with Crippen LogP contribution >= 0.6 is 0 Å². The Morgan fingerprint density at radius 3 is 2.92 bits per heavy atom. The zero-order valence-corrected chi connectivity index (χ0v) is 8.08. The van der Waals surface area contributed by atoms with Gasteiger partial charge in [0.2, 0.25) is 0 Å². The van der Waals surface area contributed by atoms with E-state index in [1.54, 1.807) is 6.08 Å². The second-order valence-corrected chi connectivity index (χ2v) is 2.77. The number of nitrogens with one attached hydrogen (secondary N) is 1. The van der Waals surface area contributed by atoms with Gasteiger partial charge in [0.15, 0.2) is 6.23 Å². The van der Waals surface area contributed by atoms with Crippen molar-refractivity contribution in [2.24, 2.45) is 0 Å². The first-order valence-corrected chi connectivity index (χ1v) is 4.36. The Kier molecular flexibility index (Phi) is 3.38. The van der Waals surface area contributed by atoms with Crippen LogP contribution in [0, 0.1) is 0 Å². The molecule has 1 rings (SSSR count). The van der Waals surface area contributed by atoms with Crippen LogP contribution in [0.4, 0.5) is 0 Å². The van der Waals surface area contributed by atoms with Gasteiger partial charge in [0.1, 0.15) is 5.76 Å². The Labute approximate surface area is 79.3 Å². The number of allylic oxidation sites excluding steroid dienone is 4. The molecular formula is C11H15NO. The van der Waals surface area contributed by atoms with Gasteiger partial charge in [-0.1, -0.05) is 30.9 Å². The highest BCUT2D eigenvalue weighted by atomic mass is 16.5. The fourth-order valence-electron chi connectivity index (χ4n) is 1.10. The average molecular weight is 177 g/mol. The van der Waals surface area contributed by atoms with Crippen molar-refractivity contribution in [1.29, 1.82) is 0 Å². The maximum absolute atomic E-state index is 5.51. The lowest BCUT2D eigenvalue weighted by atomic mass is 10.2. The normalized spacial score (nSPS) is 22.5. The molecule has 2 heteroatoms. The molecule has 0 aromatic rings. The third kappa shape index (κ3) is 2.51. The molecule has 70 valence electrons. The molecular weight excluding hydrogens is 162 g/mol. The average Bonchev–Trinajstić information content (AvgIpc) is 2.54. The molecule has 0 saturated heterocycles. The summed E-state index contributed by atoms with van der Waals surface area (Å²) >= 11 is 0. The summed E-state index contributed by atoms with van der Waals surface area (Å²) in [6.45, 7) is 7.57. The standard InChI is InChI=1S/C11H15NO/c1-4-6-7-10(5-2)11-8-12-9(3)13-11/h4-9,12H,1H2,2-3H3/b7-6-,10-5+. The fraction of sp³-hybridized carbons (Fsp3) is 0.273. The highest BCUT2D eigenvalue weighted by Crippen LogP contribution is 2.18. The van der Waals surface area contributed by atoms with Gasteiger partial charge in [-0.3, -0.25) is 0 Å².